The van der Waals surface area contributed by atoms with Gasteiger partial charge in [0, 0.05) is 29.1 Å². The molecule has 1 N–H and O–H groups in total. The Morgan fingerprint density at radius 3 is 2.64 bits per heavy atom. The Kier molecular flexibility index (Phi) is 6.65. The molecule has 5 rings (SSSR count). The predicted molar refractivity (Wildman–Crippen MR) is 129 cm³/mol. The van der Waals surface area contributed by atoms with Crippen LogP contribution in [0.2, 0.25) is 0 Å². The van der Waals surface area contributed by atoms with Crippen molar-refractivity contribution in [2.45, 2.75) is 70.6 Å². The summed E-state index contributed by atoms with van der Waals surface area (Å²) in [5.41, 5.74) is -0.909. The van der Waals surface area contributed by atoms with E-state index >= 15 is 0 Å². The third kappa shape index (κ3) is 4.67. The van der Waals surface area contributed by atoms with Gasteiger partial charge in [0.15, 0.2) is 6.73 Å². The first-order valence-electron chi connectivity index (χ1n) is 12.5. The molecule has 11 heteroatoms. The van der Waals surface area contributed by atoms with Crippen LogP contribution >= 0.6 is 11.5 Å². The molecule has 2 atom stereocenters. The monoisotopic (exact) mass is 524 g/mol. The Bertz CT molecular complexity index is 1170. The number of hydrogen-bond donors (Lipinski definition) is 1. The van der Waals surface area contributed by atoms with E-state index in [4.69, 9.17) is 4.74 Å². The van der Waals surface area contributed by atoms with Gasteiger partial charge in [0.2, 0.25) is 5.91 Å². The van der Waals surface area contributed by atoms with Crippen molar-refractivity contribution >= 4 is 17.4 Å². The summed E-state index contributed by atoms with van der Waals surface area (Å²) in [5, 5.41) is 0. The molecule has 36 heavy (non-hydrogen) atoms. The number of piperidine rings is 1. The molecule has 1 aromatic heterocycles. The largest absolute Gasteiger partial charge is 0.473 e. The molecule has 0 spiro atoms. The highest BCUT2D eigenvalue weighted by atomic mass is 32.1. The first kappa shape index (κ1) is 25.3. The number of H-pyrrole nitrogens is 1. The van der Waals surface area contributed by atoms with E-state index in [2.05, 4.69) is 28.1 Å². The molecule has 2 aliphatic heterocycles. The van der Waals surface area contributed by atoms with Gasteiger partial charge in [-0.05, 0) is 69.3 Å². The number of ether oxygens (including phenoxy) is 1. The van der Waals surface area contributed by atoms with Crippen molar-refractivity contribution in [3.05, 3.63) is 44.8 Å². The van der Waals surface area contributed by atoms with E-state index in [0.717, 1.165) is 74.7 Å². The van der Waals surface area contributed by atoms with Crippen LogP contribution in [0.15, 0.2) is 23.0 Å². The van der Waals surface area contributed by atoms with Crippen LogP contribution in [0.5, 0.6) is 5.75 Å². The number of fused-ring (bicyclic) bond motifs is 1. The summed E-state index contributed by atoms with van der Waals surface area (Å²) in [6.45, 7) is 6.06. The number of nitrogens with one attached hydrogen (secondary N) is 1. The van der Waals surface area contributed by atoms with Gasteiger partial charge in [-0.2, -0.15) is 17.5 Å². The number of aromatic nitrogens is 2. The molecule has 1 aliphatic carbocycles. The van der Waals surface area contributed by atoms with E-state index in [1.165, 1.54) is 6.07 Å². The maximum Gasteiger partial charge on any atom is 0.416 e. The Balaban J connectivity index is 1.27. The highest BCUT2D eigenvalue weighted by molar-refractivity contribution is 7.02. The van der Waals surface area contributed by atoms with Crippen LogP contribution < -0.4 is 9.61 Å². The number of carbonyl (C=O) groups excluding carboxylic acids is 1. The van der Waals surface area contributed by atoms with Gasteiger partial charge in [0.25, 0.3) is 0 Å². The normalized spacial score (nSPS) is 25.7. The fourth-order valence-corrected chi connectivity index (χ4v) is 6.67. The highest BCUT2D eigenvalue weighted by Crippen LogP contribution is 2.49. The zero-order valence-electron chi connectivity index (χ0n) is 20.4. The number of carbonyl (C=O) groups is 1. The molecule has 1 saturated heterocycles. The summed E-state index contributed by atoms with van der Waals surface area (Å²) in [6.07, 6.45) is -0.228. The van der Waals surface area contributed by atoms with E-state index < -0.39 is 17.2 Å². The first-order chi connectivity index (χ1) is 17.1. The van der Waals surface area contributed by atoms with Crippen LogP contribution in [0.25, 0.3) is 0 Å². The Hall–Kier alpha value is -2.40. The number of aromatic amines is 1. The minimum atomic E-state index is -4.44. The summed E-state index contributed by atoms with van der Waals surface area (Å²) in [6, 6.07) is 3.73. The molecule has 1 saturated carbocycles. The van der Waals surface area contributed by atoms with Crippen LogP contribution in [0.4, 0.5) is 13.2 Å². The second-order valence-corrected chi connectivity index (χ2v) is 11.3. The summed E-state index contributed by atoms with van der Waals surface area (Å²) in [4.78, 5) is 32.1. The predicted octanol–water partition coefficient (Wildman–Crippen LogP) is 4.60. The number of hydrogen-bond acceptors (Lipinski definition) is 6. The Morgan fingerprint density at radius 1 is 1.25 bits per heavy atom. The number of nitrogens with zero attached hydrogens (tertiary/aromatic N) is 3. The second-order valence-electron chi connectivity index (χ2n) is 10.6. The van der Waals surface area contributed by atoms with Gasteiger partial charge >= 0.3 is 11.0 Å². The van der Waals surface area contributed by atoms with E-state index in [1.807, 2.05) is 0 Å². The van der Waals surface area contributed by atoms with Crippen molar-refractivity contribution in [1.82, 2.24) is 19.2 Å². The van der Waals surface area contributed by atoms with Crippen LogP contribution in [0.3, 0.4) is 0 Å². The summed E-state index contributed by atoms with van der Waals surface area (Å²) < 4.78 is 49.6. The zero-order valence-corrected chi connectivity index (χ0v) is 21.3. The maximum absolute atomic E-state index is 13.9. The maximum atomic E-state index is 13.9. The minimum Gasteiger partial charge on any atom is -0.473 e. The molecule has 0 unspecified atom stereocenters. The average molecular weight is 525 g/mol. The first-order valence-corrected chi connectivity index (χ1v) is 13.3. The lowest BCUT2D eigenvalue weighted by Crippen LogP contribution is -2.49. The number of rotatable bonds is 4. The minimum absolute atomic E-state index is 0.0296. The molecule has 1 aromatic carbocycles. The van der Waals surface area contributed by atoms with Gasteiger partial charge in [-0.3, -0.25) is 14.6 Å². The van der Waals surface area contributed by atoms with E-state index in [9.17, 15) is 22.8 Å². The number of benzene rings is 1. The molecule has 2 fully saturated rings. The molecule has 0 radical (unpaired) electrons. The molecule has 7 nitrogen and oxygen atoms in total. The lowest BCUT2D eigenvalue weighted by molar-refractivity contribution is -0.150. The van der Waals surface area contributed by atoms with Crippen LogP contribution in [0.1, 0.15) is 68.8 Å². The third-order valence-electron chi connectivity index (χ3n) is 8.36. The number of alkyl halides is 3. The van der Waals surface area contributed by atoms with E-state index in [1.54, 1.807) is 4.90 Å². The molecule has 2 aromatic rings. The molecular weight excluding hydrogens is 493 g/mol. The van der Waals surface area contributed by atoms with Crippen LogP contribution in [-0.4, -0.2) is 50.9 Å². The van der Waals surface area contributed by atoms with Crippen molar-refractivity contribution in [2.24, 2.45) is 11.3 Å². The van der Waals surface area contributed by atoms with E-state index in [0.29, 0.717) is 11.3 Å². The summed E-state index contributed by atoms with van der Waals surface area (Å²) >= 11 is 0.959. The lowest BCUT2D eigenvalue weighted by atomic mass is 9.74. The molecule has 196 valence electrons. The molecular formula is C25H31F3N4O3S. The van der Waals surface area contributed by atoms with Gasteiger partial charge in [-0.25, -0.2) is 0 Å². The highest BCUT2D eigenvalue weighted by Gasteiger charge is 2.51. The van der Waals surface area contributed by atoms with Crippen molar-refractivity contribution in [3.8, 4) is 5.75 Å². The summed E-state index contributed by atoms with van der Waals surface area (Å²) in [7, 11) is 0. The van der Waals surface area contributed by atoms with Gasteiger partial charge in [-0.15, -0.1) is 0 Å². The zero-order chi connectivity index (χ0) is 25.7. The third-order valence-corrected chi connectivity index (χ3v) is 8.91. The van der Waals surface area contributed by atoms with Crippen LogP contribution in [0, 0.1) is 11.3 Å². The quantitative estimate of drug-likeness (QED) is 0.633. The SMILES string of the molecule is CC(C)[C@]1(C(=O)N2COc3ccc(C(F)(F)F)cc3C2)CC[C@@H](N2CCC(c3nsc(=O)[nH]3)CC2)C1. The lowest BCUT2D eigenvalue weighted by Gasteiger charge is -2.41. The smallest absolute Gasteiger partial charge is 0.416 e. The van der Waals surface area contributed by atoms with Gasteiger partial charge < -0.3 is 14.5 Å². The number of halogens is 3. The second kappa shape index (κ2) is 9.48. The van der Waals surface area contributed by atoms with Gasteiger partial charge in [0.1, 0.15) is 11.6 Å². The Labute approximate surface area is 211 Å². The molecule has 0 bridgehead atoms. The van der Waals surface area contributed by atoms with Crippen molar-refractivity contribution in [2.75, 3.05) is 19.8 Å². The van der Waals surface area contributed by atoms with Crippen molar-refractivity contribution < 1.29 is 22.7 Å². The van der Waals surface area contributed by atoms with E-state index in [-0.39, 0.29) is 41.9 Å². The van der Waals surface area contributed by atoms with Crippen molar-refractivity contribution in [1.29, 1.82) is 0 Å². The molecule has 3 heterocycles. The Morgan fingerprint density at radius 2 is 2.00 bits per heavy atom. The standard InChI is InChI=1S/C25H31F3N4O3S/c1-15(2)24(22(33)32-13-17-11-18(25(26,27)28)3-4-20(17)35-14-32)8-5-19(12-24)31-9-6-16(7-10-31)21-29-23(34)36-30-21/h3-4,11,15-16,19H,5-10,12-14H2,1-2H3,(H,29,30,34)/t19-,24+/m1/s1. The molecule has 1 amide bonds. The fourth-order valence-electron chi connectivity index (χ4n) is 6.15. The number of amides is 1. The van der Waals surface area contributed by atoms with Crippen LogP contribution in [-0.2, 0) is 17.5 Å². The van der Waals surface area contributed by atoms with Crippen molar-refractivity contribution in [3.63, 3.8) is 0 Å². The number of likely N-dealkylation sites (tertiary alicyclic amines) is 1. The summed E-state index contributed by atoms with van der Waals surface area (Å²) in [5.74, 6) is 1.50. The fraction of sp³-hybridized carbons (Fsp3) is 0.640. The average Bonchev–Trinajstić information content (AvgIpc) is 3.50. The molecule has 3 aliphatic rings. The van der Waals surface area contributed by atoms with Gasteiger partial charge in [0.05, 0.1) is 17.5 Å². The van der Waals surface area contributed by atoms with Gasteiger partial charge in [-0.1, -0.05) is 13.8 Å². The topological polar surface area (TPSA) is 78.5 Å².